The highest BCUT2D eigenvalue weighted by Gasteiger charge is 2.37. The molecule has 1 aliphatic heterocycles. The minimum Gasteiger partial charge on any atom is -0.479 e. The number of hydrogen-bond donors (Lipinski definition) is 2. The zero-order valence-corrected chi connectivity index (χ0v) is 11.6. The van der Waals surface area contributed by atoms with Crippen LogP contribution in [-0.4, -0.2) is 35.0 Å². The number of rotatable bonds is 4. The van der Waals surface area contributed by atoms with Gasteiger partial charge >= 0.3 is 5.97 Å². The molecule has 3 N–H and O–H groups in total. The summed E-state index contributed by atoms with van der Waals surface area (Å²) in [4.78, 5) is 25.5. The SMILES string of the molecule is CCC(CN)C(=O)N1CCc2ccccc2C1C(=O)O. The van der Waals surface area contributed by atoms with Gasteiger partial charge in [-0.25, -0.2) is 4.79 Å². The maximum Gasteiger partial charge on any atom is 0.331 e. The van der Waals surface area contributed by atoms with Gasteiger partial charge in [-0.3, -0.25) is 4.79 Å². The fourth-order valence-corrected chi connectivity index (χ4v) is 2.75. The van der Waals surface area contributed by atoms with E-state index in [1.54, 1.807) is 6.07 Å². The molecule has 20 heavy (non-hydrogen) atoms. The van der Waals surface area contributed by atoms with E-state index in [0.29, 0.717) is 24.9 Å². The molecule has 0 spiro atoms. The van der Waals surface area contributed by atoms with Crippen LogP contribution in [-0.2, 0) is 16.0 Å². The van der Waals surface area contributed by atoms with Gasteiger partial charge in [-0.15, -0.1) is 0 Å². The maximum absolute atomic E-state index is 12.5. The fourth-order valence-electron chi connectivity index (χ4n) is 2.75. The van der Waals surface area contributed by atoms with Crippen molar-refractivity contribution in [2.75, 3.05) is 13.1 Å². The van der Waals surface area contributed by atoms with Crippen molar-refractivity contribution in [3.8, 4) is 0 Å². The van der Waals surface area contributed by atoms with Gasteiger partial charge in [0.05, 0.1) is 5.92 Å². The highest BCUT2D eigenvalue weighted by atomic mass is 16.4. The molecule has 108 valence electrons. The lowest BCUT2D eigenvalue weighted by Gasteiger charge is -2.36. The Bertz CT molecular complexity index is 512. The van der Waals surface area contributed by atoms with Crippen LogP contribution in [0.4, 0.5) is 0 Å². The summed E-state index contributed by atoms with van der Waals surface area (Å²) >= 11 is 0. The van der Waals surface area contributed by atoms with E-state index >= 15 is 0 Å². The number of nitrogens with two attached hydrogens (primary N) is 1. The molecule has 0 saturated carbocycles. The first kappa shape index (κ1) is 14.5. The molecule has 1 amide bonds. The van der Waals surface area contributed by atoms with Crippen molar-refractivity contribution in [1.82, 2.24) is 4.90 Å². The van der Waals surface area contributed by atoms with E-state index in [2.05, 4.69) is 0 Å². The monoisotopic (exact) mass is 276 g/mol. The standard InChI is InChI=1S/C15H20N2O3/c1-2-10(9-16)14(18)17-8-7-11-5-3-4-6-12(11)13(17)15(19)20/h3-6,10,13H,2,7-9,16H2,1H3,(H,19,20). The van der Waals surface area contributed by atoms with Gasteiger partial charge in [-0.1, -0.05) is 31.2 Å². The highest BCUT2D eigenvalue weighted by Crippen LogP contribution is 2.31. The lowest BCUT2D eigenvalue weighted by Crippen LogP contribution is -2.47. The number of benzene rings is 1. The highest BCUT2D eigenvalue weighted by molar-refractivity contribution is 5.87. The van der Waals surface area contributed by atoms with Crippen LogP contribution in [0.3, 0.4) is 0 Å². The second-order valence-corrected chi connectivity index (χ2v) is 5.06. The number of nitrogens with zero attached hydrogens (tertiary/aromatic N) is 1. The van der Waals surface area contributed by atoms with Gasteiger partial charge in [-0.2, -0.15) is 0 Å². The molecule has 2 rings (SSSR count). The Hall–Kier alpha value is -1.88. The molecule has 2 atom stereocenters. The minimum atomic E-state index is -0.989. The molecule has 0 aliphatic carbocycles. The molecule has 0 bridgehead atoms. The van der Waals surface area contributed by atoms with Crippen molar-refractivity contribution in [3.63, 3.8) is 0 Å². The summed E-state index contributed by atoms with van der Waals surface area (Å²) in [6.07, 6.45) is 1.31. The minimum absolute atomic E-state index is 0.156. The van der Waals surface area contributed by atoms with Gasteiger partial charge in [0.25, 0.3) is 0 Å². The molecule has 1 aromatic rings. The number of carbonyl (C=O) groups excluding carboxylic acids is 1. The Balaban J connectivity index is 2.36. The molecule has 1 aliphatic rings. The van der Waals surface area contributed by atoms with E-state index in [9.17, 15) is 14.7 Å². The Kier molecular flexibility index (Phi) is 4.39. The molecule has 1 aromatic carbocycles. The normalized spacial score (nSPS) is 19.3. The lowest BCUT2D eigenvalue weighted by atomic mass is 9.91. The maximum atomic E-state index is 12.5. The number of fused-ring (bicyclic) bond motifs is 1. The second kappa shape index (κ2) is 6.05. The van der Waals surface area contributed by atoms with E-state index in [-0.39, 0.29) is 18.4 Å². The summed E-state index contributed by atoms with van der Waals surface area (Å²) < 4.78 is 0. The number of hydrogen-bond acceptors (Lipinski definition) is 3. The van der Waals surface area contributed by atoms with E-state index in [0.717, 1.165) is 5.56 Å². The predicted octanol–water partition coefficient (Wildman–Crippen LogP) is 1.18. The number of aliphatic carboxylic acids is 1. The lowest BCUT2D eigenvalue weighted by molar-refractivity contribution is -0.153. The third-order valence-corrected chi connectivity index (χ3v) is 3.93. The predicted molar refractivity (Wildman–Crippen MR) is 75.1 cm³/mol. The van der Waals surface area contributed by atoms with Gasteiger partial charge in [0.1, 0.15) is 0 Å². The molecular formula is C15H20N2O3. The van der Waals surface area contributed by atoms with Gasteiger partial charge in [0.15, 0.2) is 6.04 Å². The quantitative estimate of drug-likeness (QED) is 0.865. The number of amides is 1. The number of carbonyl (C=O) groups is 2. The zero-order valence-electron chi connectivity index (χ0n) is 11.6. The van der Waals surface area contributed by atoms with Crippen molar-refractivity contribution in [2.24, 2.45) is 11.7 Å². The van der Waals surface area contributed by atoms with Crippen LogP contribution in [0, 0.1) is 5.92 Å². The average molecular weight is 276 g/mol. The smallest absolute Gasteiger partial charge is 0.331 e. The summed E-state index contributed by atoms with van der Waals surface area (Å²) in [5, 5.41) is 9.51. The second-order valence-electron chi connectivity index (χ2n) is 5.06. The van der Waals surface area contributed by atoms with Gasteiger partial charge in [0, 0.05) is 13.1 Å². The largest absolute Gasteiger partial charge is 0.479 e. The third-order valence-electron chi connectivity index (χ3n) is 3.93. The molecule has 0 aromatic heterocycles. The average Bonchev–Trinajstić information content (AvgIpc) is 2.46. The Morgan fingerprint density at radius 3 is 2.75 bits per heavy atom. The van der Waals surface area contributed by atoms with Gasteiger partial charge < -0.3 is 15.7 Å². The molecule has 5 heteroatoms. The van der Waals surface area contributed by atoms with Crippen molar-refractivity contribution < 1.29 is 14.7 Å². The number of carboxylic acid groups (broad SMARTS) is 1. The molecule has 5 nitrogen and oxygen atoms in total. The first-order chi connectivity index (χ1) is 9.60. The van der Waals surface area contributed by atoms with Crippen molar-refractivity contribution in [2.45, 2.75) is 25.8 Å². The molecule has 1 heterocycles. The van der Waals surface area contributed by atoms with Crippen LogP contribution < -0.4 is 5.73 Å². The van der Waals surface area contributed by atoms with E-state index < -0.39 is 12.0 Å². The van der Waals surface area contributed by atoms with E-state index in [4.69, 9.17) is 5.73 Å². The molecular weight excluding hydrogens is 256 g/mol. The van der Waals surface area contributed by atoms with Crippen LogP contribution in [0.25, 0.3) is 0 Å². The van der Waals surface area contributed by atoms with Crippen LogP contribution in [0.2, 0.25) is 0 Å². The fraction of sp³-hybridized carbons (Fsp3) is 0.467. The molecule has 0 fully saturated rings. The van der Waals surface area contributed by atoms with Crippen LogP contribution in [0.5, 0.6) is 0 Å². The molecule has 0 radical (unpaired) electrons. The van der Waals surface area contributed by atoms with Gasteiger partial charge in [-0.05, 0) is 24.0 Å². The Morgan fingerprint density at radius 2 is 2.15 bits per heavy atom. The number of carboxylic acids is 1. The van der Waals surface area contributed by atoms with Gasteiger partial charge in [0.2, 0.25) is 5.91 Å². The first-order valence-electron chi connectivity index (χ1n) is 6.91. The summed E-state index contributed by atoms with van der Waals surface area (Å²) in [6, 6.07) is 6.52. The van der Waals surface area contributed by atoms with Crippen LogP contribution in [0.1, 0.15) is 30.5 Å². The summed E-state index contributed by atoms with van der Waals surface area (Å²) in [5.74, 6) is -1.45. The van der Waals surface area contributed by atoms with E-state index in [1.807, 2.05) is 25.1 Å². The van der Waals surface area contributed by atoms with Crippen molar-refractivity contribution in [1.29, 1.82) is 0 Å². The Labute approximate surface area is 118 Å². The third kappa shape index (κ3) is 2.54. The first-order valence-corrected chi connectivity index (χ1v) is 6.91. The van der Waals surface area contributed by atoms with Crippen molar-refractivity contribution >= 4 is 11.9 Å². The summed E-state index contributed by atoms with van der Waals surface area (Å²) in [6.45, 7) is 2.58. The van der Waals surface area contributed by atoms with Crippen molar-refractivity contribution in [3.05, 3.63) is 35.4 Å². The topological polar surface area (TPSA) is 83.6 Å². The Morgan fingerprint density at radius 1 is 1.45 bits per heavy atom. The van der Waals surface area contributed by atoms with Crippen LogP contribution in [0.15, 0.2) is 24.3 Å². The van der Waals surface area contributed by atoms with E-state index in [1.165, 1.54) is 4.90 Å². The van der Waals surface area contributed by atoms with Crippen LogP contribution >= 0.6 is 0 Å². The molecule has 0 saturated heterocycles. The zero-order chi connectivity index (χ0) is 14.7. The molecule has 2 unspecified atom stereocenters. The summed E-state index contributed by atoms with van der Waals surface area (Å²) in [5.41, 5.74) is 7.33. The summed E-state index contributed by atoms with van der Waals surface area (Å²) in [7, 11) is 0.